The van der Waals surface area contributed by atoms with E-state index in [-0.39, 0.29) is 0 Å². The minimum absolute atomic E-state index is 0.639. The van der Waals surface area contributed by atoms with Crippen molar-refractivity contribution in [2.45, 2.75) is 232 Å². The molecule has 0 saturated carbocycles. The van der Waals surface area contributed by atoms with E-state index in [4.69, 9.17) is 0 Å². The monoisotopic (exact) mass is 589 g/mol. The van der Waals surface area contributed by atoms with Crippen molar-refractivity contribution >= 4 is 0 Å². The molecule has 42 heavy (non-hydrogen) atoms. The topological polar surface area (TPSA) is 6.48 Å². The molecule has 0 aromatic rings. The van der Waals surface area contributed by atoms with Crippen LogP contribution in [0, 0.1) is 0 Å². The normalized spacial score (nSPS) is 15.0. The van der Waals surface area contributed by atoms with Crippen LogP contribution < -0.4 is 0 Å². The predicted molar refractivity (Wildman–Crippen MR) is 191 cm³/mol. The standard InChI is InChI=1S/C40H80N2/c1-4-7-10-12-14-16-18-20-21-22-24-26-28-30-32-34-37-42-39-38-41(36-9-6-3)40(42)35-33-31-29-27-25-23-19-17-15-13-11-8-5-2/h38-40H,4-37H2,1-3H3. The Hall–Kier alpha value is -0.660. The highest BCUT2D eigenvalue weighted by molar-refractivity contribution is 4.96. The van der Waals surface area contributed by atoms with Crippen molar-refractivity contribution in [1.82, 2.24) is 9.80 Å². The first-order valence-electron chi connectivity index (χ1n) is 20.0. The van der Waals surface area contributed by atoms with E-state index in [1.54, 1.807) is 0 Å². The summed E-state index contributed by atoms with van der Waals surface area (Å²) >= 11 is 0. The summed E-state index contributed by atoms with van der Waals surface area (Å²) in [4.78, 5) is 5.36. The quantitative estimate of drug-likeness (QED) is 0.0690. The number of rotatable bonds is 34. The molecule has 0 aromatic carbocycles. The van der Waals surface area contributed by atoms with Gasteiger partial charge in [-0.2, -0.15) is 0 Å². The fraction of sp³-hybridized carbons (Fsp3) is 0.950. The first-order chi connectivity index (χ1) is 20.8. The van der Waals surface area contributed by atoms with Crippen LogP contribution in [0.2, 0.25) is 0 Å². The van der Waals surface area contributed by atoms with Gasteiger partial charge in [-0.15, -0.1) is 0 Å². The van der Waals surface area contributed by atoms with Crippen LogP contribution in [0.15, 0.2) is 12.4 Å². The van der Waals surface area contributed by atoms with Crippen LogP contribution >= 0.6 is 0 Å². The van der Waals surface area contributed by atoms with E-state index in [0.29, 0.717) is 6.17 Å². The lowest BCUT2D eigenvalue weighted by atomic mass is 10.0. The van der Waals surface area contributed by atoms with Crippen LogP contribution in [0.3, 0.4) is 0 Å². The molecule has 1 aliphatic heterocycles. The molecule has 0 amide bonds. The van der Waals surface area contributed by atoms with Gasteiger partial charge < -0.3 is 9.80 Å². The first kappa shape index (κ1) is 39.4. The summed E-state index contributed by atoms with van der Waals surface area (Å²) in [6.45, 7) is 9.46. The van der Waals surface area contributed by atoms with Crippen molar-refractivity contribution in [2.24, 2.45) is 0 Å². The molecule has 0 aromatic heterocycles. The van der Waals surface area contributed by atoms with E-state index in [1.807, 2.05) is 0 Å². The molecule has 2 nitrogen and oxygen atoms in total. The summed E-state index contributed by atoms with van der Waals surface area (Å²) in [5.41, 5.74) is 0. The van der Waals surface area contributed by atoms with Gasteiger partial charge in [0, 0.05) is 25.5 Å². The highest BCUT2D eigenvalue weighted by Gasteiger charge is 2.24. The second-order valence-electron chi connectivity index (χ2n) is 13.9. The van der Waals surface area contributed by atoms with E-state index in [9.17, 15) is 0 Å². The van der Waals surface area contributed by atoms with Crippen molar-refractivity contribution in [3.05, 3.63) is 12.4 Å². The lowest BCUT2D eigenvalue weighted by Gasteiger charge is -2.33. The zero-order valence-corrected chi connectivity index (χ0v) is 29.7. The maximum atomic E-state index is 2.69. The molecule has 2 heteroatoms. The lowest BCUT2D eigenvalue weighted by Crippen LogP contribution is -2.39. The molecule has 0 saturated heterocycles. The fourth-order valence-corrected chi connectivity index (χ4v) is 6.87. The Morgan fingerprint density at radius 2 is 0.571 bits per heavy atom. The van der Waals surface area contributed by atoms with Gasteiger partial charge in [0.15, 0.2) is 0 Å². The number of nitrogens with zero attached hydrogens (tertiary/aromatic N) is 2. The average Bonchev–Trinajstić information content (AvgIpc) is 3.39. The zero-order chi connectivity index (χ0) is 30.2. The Morgan fingerprint density at radius 3 is 0.905 bits per heavy atom. The van der Waals surface area contributed by atoms with Crippen LogP contribution in [0.4, 0.5) is 0 Å². The Morgan fingerprint density at radius 1 is 0.310 bits per heavy atom. The summed E-state index contributed by atoms with van der Waals surface area (Å²) in [6.07, 6.45) is 51.5. The first-order valence-corrected chi connectivity index (χ1v) is 20.0. The summed E-state index contributed by atoms with van der Waals surface area (Å²) in [5, 5.41) is 0. The molecule has 0 spiro atoms. The fourth-order valence-electron chi connectivity index (χ4n) is 6.87. The minimum Gasteiger partial charge on any atom is -0.356 e. The summed E-state index contributed by atoms with van der Waals surface area (Å²) < 4.78 is 0. The van der Waals surface area contributed by atoms with Crippen LogP contribution in [-0.2, 0) is 0 Å². The van der Waals surface area contributed by atoms with E-state index in [2.05, 4.69) is 43.0 Å². The Balaban J connectivity index is 2.01. The molecule has 1 unspecified atom stereocenters. The molecule has 1 heterocycles. The molecule has 1 rings (SSSR count). The third-order valence-corrected chi connectivity index (χ3v) is 9.82. The third-order valence-electron chi connectivity index (χ3n) is 9.82. The van der Waals surface area contributed by atoms with E-state index in [0.717, 1.165) is 0 Å². The van der Waals surface area contributed by atoms with Crippen LogP contribution in [-0.4, -0.2) is 29.1 Å². The number of unbranched alkanes of at least 4 members (excludes halogenated alkanes) is 28. The van der Waals surface area contributed by atoms with Crippen LogP contribution in [0.5, 0.6) is 0 Å². The molecule has 1 aliphatic rings. The molecular weight excluding hydrogens is 508 g/mol. The Labute approximate surface area is 267 Å². The van der Waals surface area contributed by atoms with Gasteiger partial charge in [0.05, 0.1) is 0 Å². The predicted octanol–water partition coefficient (Wildman–Crippen LogP) is 13.9. The highest BCUT2D eigenvalue weighted by Crippen LogP contribution is 2.24. The lowest BCUT2D eigenvalue weighted by molar-refractivity contribution is 0.136. The van der Waals surface area contributed by atoms with Crippen molar-refractivity contribution in [2.75, 3.05) is 13.1 Å². The zero-order valence-electron chi connectivity index (χ0n) is 29.7. The van der Waals surface area contributed by atoms with Crippen molar-refractivity contribution in [3.8, 4) is 0 Å². The van der Waals surface area contributed by atoms with Gasteiger partial charge >= 0.3 is 0 Å². The molecule has 250 valence electrons. The smallest absolute Gasteiger partial charge is 0.101 e. The SMILES string of the molecule is CCCCCCCCCCCCCCCCCCN1C=CN(CCCC)C1CCCCCCCCCCCCCCC. The van der Waals surface area contributed by atoms with E-state index >= 15 is 0 Å². The van der Waals surface area contributed by atoms with Gasteiger partial charge in [-0.25, -0.2) is 0 Å². The van der Waals surface area contributed by atoms with E-state index in [1.165, 1.54) is 219 Å². The maximum absolute atomic E-state index is 2.69. The third kappa shape index (κ3) is 23.8. The molecule has 1 atom stereocenters. The van der Waals surface area contributed by atoms with E-state index < -0.39 is 0 Å². The maximum Gasteiger partial charge on any atom is 0.101 e. The second-order valence-corrected chi connectivity index (χ2v) is 13.9. The molecular formula is C40H80N2. The summed E-state index contributed by atoms with van der Waals surface area (Å²) in [7, 11) is 0. The van der Waals surface area contributed by atoms with Crippen LogP contribution in [0.1, 0.15) is 226 Å². The molecule has 0 bridgehead atoms. The van der Waals surface area contributed by atoms with Crippen molar-refractivity contribution in [3.63, 3.8) is 0 Å². The number of hydrogen-bond donors (Lipinski definition) is 0. The molecule has 0 fully saturated rings. The number of hydrogen-bond acceptors (Lipinski definition) is 2. The molecule has 0 N–H and O–H groups in total. The van der Waals surface area contributed by atoms with Gasteiger partial charge in [0.25, 0.3) is 0 Å². The summed E-state index contributed by atoms with van der Waals surface area (Å²) in [5.74, 6) is 0. The van der Waals surface area contributed by atoms with Crippen molar-refractivity contribution in [1.29, 1.82) is 0 Å². The van der Waals surface area contributed by atoms with Crippen molar-refractivity contribution < 1.29 is 0 Å². The Kier molecular flexibility index (Phi) is 29.8. The van der Waals surface area contributed by atoms with Gasteiger partial charge in [-0.3, -0.25) is 0 Å². The molecule has 0 radical (unpaired) electrons. The van der Waals surface area contributed by atoms with Gasteiger partial charge in [-0.1, -0.05) is 201 Å². The average molecular weight is 589 g/mol. The van der Waals surface area contributed by atoms with Gasteiger partial charge in [-0.05, 0) is 25.7 Å². The highest BCUT2D eigenvalue weighted by atomic mass is 15.4. The van der Waals surface area contributed by atoms with Gasteiger partial charge in [0.1, 0.15) is 6.17 Å². The second kappa shape index (κ2) is 31.8. The minimum atomic E-state index is 0.639. The summed E-state index contributed by atoms with van der Waals surface area (Å²) in [6, 6.07) is 0. The Bertz CT molecular complexity index is 544. The molecule has 0 aliphatic carbocycles. The van der Waals surface area contributed by atoms with Crippen LogP contribution in [0.25, 0.3) is 0 Å². The largest absolute Gasteiger partial charge is 0.356 e. The van der Waals surface area contributed by atoms with Gasteiger partial charge in [0.2, 0.25) is 0 Å².